The number of hydrogen-bond acceptors (Lipinski definition) is 5. The predicted molar refractivity (Wildman–Crippen MR) is 116 cm³/mol. The molecule has 3 aromatic carbocycles. The second-order valence-corrected chi connectivity index (χ2v) is 6.79. The van der Waals surface area contributed by atoms with E-state index in [0.717, 1.165) is 4.90 Å². The molecule has 31 heavy (non-hydrogen) atoms. The van der Waals surface area contributed by atoms with E-state index in [1.165, 1.54) is 7.11 Å². The van der Waals surface area contributed by atoms with Gasteiger partial charge in [-0.15, -0.1) is 0 Å². The minimum atomic E-state index is -0.376. The molecule has 1 N–H and O–H groups in total. The molecule has 0 saturated carbocycles. The maximum Gasteiger partial charge on any atom is 0.266 e. The van der Waals surface area contributed by atoms with Crippen LogP contribution in [0.25, 0.3) is 0 Å². The Morgan fingerprint density at radius 1 is 0.903 bits per heavy atom. The lowest BCUT2D eigenvalue weighted by atomic mass is 10.1. The molecule has 0 unspecified atom stereocenters. The molecule has 0 fully saturated rings. The minimum Gasteiger partial charge on any atom is -0.493 e. The summed E-state index contributed by atoms with van der Waals surface area (Å²) in [6.45, 7) is 2.38. The number of nitrogens with zero attached hydrogens (tertiary/aromatic N) is 1. The van der Waals surface area contributed by atoms with Gasteiger partial charge in [0, 0.05) is 17.3 Å². The van der Waals surface area contributed by atoms with Crippen LogP contribution < -0.4 is 19.7 Å². The molecule has 3 amide bonds. The Kier molecular flexibility index (Phi) is 5.41. The molecule has 0 atom stereocenters. The van der Waals surface area contributed by atoms with Crippen LogP contribution in [-0.2, 0) is 0 Å². The van der Waals surface area contributed by atoms with Crippen molar-refractivity contribution in [2.75, 3.05) is 23.9 Å². The van der Waals surface area contributed by atoms with E-state index in [9.17, 15) is 14.4 Å². The molecule has 3 aromatic rings. The number of fused-ring (bicyclic) bond motifs is 1. The number of nitrogens with one attached hydrogen (secondary N) is 1. The van der Waals surface area contributed by atoms with E-state index in [1.807, 2.05) is 6.92 Å². The summed E-state index contributed by atoms with van der Waals surface area (Å²) in [6, 6.07) is 18.1. The highest BCUT2D eigenvalue weighted by Gasteiger charge is 2.36. The highest BCUT2D eigenvalue weighted by atomic mass is 16.5. The Morgan fingerprint density at radius 2 is 1.55 bits per heavy atom. The lowest BCUT2D eigenvalue weighted by Gasteiger charge is -2.15. The summed E-state index contributed by atoms with van der Waals surface area (Å²) in [4.78, 5) is 39.0. The zero-order chi connectivity index (χ0) is 22.0. The van der Waals surface area contributed by atoms with Crippen LogP contribution in [0.4, 0.5) is 11.4 Å². The van der Waals surface area contributed by atoms with Crippen molar-refractivity contribution in [3.63, 3.8) is 0 Å². The average molecular weight is 416 g/mol. The second kappa shape index (κ2) is 8.31. The normalized spacial score (nSPS) is 12.5. The first-order valence-electron chi connectivity index (χ1n) is 9.73. The average Bonchev–Trinajstić information content (AvgIpc) is 3.05. The molecule has 0 saturated heterocycles. The van der Waals surface area contributed by atoms with Gasteiger partial charge in [0.2, 0.25) is 0 Å². The maximum absolute atomic E-state index is 12.6. The van der Waals surface area contributed by atoms with Crippen LogP contribution in [-0.4, -0.2) is 31.4 Å². The van der Waals surface area contributed by atoms with Gasteiger partial charge >= 0.3 is 0 Å². The molecule has 156 valence electrons. The summed E-state index contributed by atoms with van der Waals surface area (Å²) in [5, 5.41) is 2.80. The van der Waals surface area contributed by atoms with E-state index in [-0.39, 0.29) is 17.7 Å². The number of rotatable bonds is 6. The molecular formula is C24H20N2O5. The van der Waals surface area contributed by atoms with Crippen LogP contribution in [0.5, 0.6) is 11.5 Å². The quantitative estimate of drug-likeness (QED) is 0.611. The van der Waals surface area contributed by atoms with Gasteiger partial charge in [-0.2, -0.15) is 0 Å². The van der Waals surface area contributed by atoms with E-state index in [4.69, 9.17) is 9.47 Å². The Hall–Kier alpha value is -4.13. The van der Waals surface area contributed by atoms with Crippen LogP contribution in [0.15, 0.2) is 66.7 Å². The monoisotopic (exact) mass is 416 g/mol. The number of amides is 3. The number of carbonyl (C=O) groups excluding carboxylic acids is 3. The number of imide groups is 1. The number of anilines is 2. The van der Waals surface area contributed by atoms with Gasteiger partial charge in [0.1, 0.15) is 0 Å². The fraction of sp³-hybridized carbons (Fsp3) is 0.125. The van der Waals surface area contributed by atoms with Crippen LogP contribution in [0, 0.1) is 0 Å². The minimum absolute atomic E-state index is 0.333. The van der Waals surface area contributed by atoms with Crippen LogP contribution >= 0.6 is 0 Å². The van der Waals surface area contributed by atoms with Crippen molar-refractivity contribution in [1.82, 2.24) is 0 Å². The highest BCUT2D eigenvalue weighted by Crippen LogP contribution is 2.31. The van der Waals surface area contributed by atoms with E-state index in [2.05, 4.69) is 5.32 Å². The topological polar surface area (TPSA) is 84.9 Å². The van der Waals surface area contributed by atoms with Crippen molar-refractivity contribution in [2.24, 2.45) is 0 Å². The fourth-order valence-corrected chi connectivity index (χ4v) is 3.41. The molecule has 1 heterocycles. The molecule has 0 aliphatic carbocycles. The van der Waals surface area contributed by atoms with Crippen molar-refractivity contribution in [3.05, 3.63) is 83.4 Å². The standard InChI is InChI=1S/C24H20N2O5/c1-3-31-20-13-10-16(14-21(20)30-2)25-22(27)15-8-11-17(12-9-15)26-23(28)18-6-4-5-7-19(18)24(26)29/h4-14H,3H2,1-2H3,(H,25,27). The summed E-state index contributed by atoms with van der Waals surface area (Å²) in [6.07, 6.45) is 0. The number of benzene rings is 3. The molecule has 4 rings (SSSR count). The lowest BCUT2D eigenvalue weighted by molar-refractivity contribution is 0.0925. The largest absolute Gasteiger partial charge is 0.493 e. The van der Waals surface area contributed by atoms with Crippen LogP contribution in [0.3, 0.4) is 0 Å². The Morgan fingerprint density at radius 3 is 2.13 bits per heavy atom. The van der Waals surface area contributed by atoms with Crippen molar-refractivity contribution in [1.29, 1.82) is 0 Å². The van der Waals surface area contributed by atoms with Gasteiger partial charge in [0.15, 0.2) is 11.5 Å². The molecule has 0 bridgehead atoms. The molecule has 1 aliphatic heterocycles. The van der Waals surface area contributed by atoms with Crippen LogP contribution in [0.2, 0.25) is 0 Å². The zero-order valence-corrected chi connectivity index (χ0v) is 17.0. The molecule has 0 radical (unpaired) electrons. The number of carbonyl (C=O) groups is 3. The Balaban J connectivity index is 1.51. The van der Waals surface area contributed by atoms with E-state index >= 15 is 0 Å². The van der Waals surface area contributed by atoms with Gasteiger partial charge in [-0.25, -0.2) is 4.90 Å². The first kappa shape index (κ1) is 20.2. The van der Waals surface area contributed by atoms with Gasteiger partial charge in [0.05, 0.1) is 30.5 Å². The third-order valence-corrected chi connectivity index (χ3v) is 4.90. The summed E-state index contributed by atoms with van der Waals surface area (Å²) in [7, 11) is 1.53. The highest BCUT2D eigenvalue weighted by molar-refractivity contribution is 6.34. The molecular weight excluding hydrogens is 396 g/mol. The molecule has 0 spiro atoms. The SMILES string of the molecule is CCOc1ccc(NC(=O)c2ccc(N3C(=O)c4ccccc4C3=O)cc2)cc1OC. The van der Waals surface area contributed by atoms with Crippen molar-refractivity contribution in [2.45, 2.75) is 6.92 Å². The predicted octanol–water partition coefficient (Wildman–Crippen LogP) is 4.15. The second-order valence-electron chi connectivity index (χ2n) is 6.79. The fourth-order valence-electron chi connectivity index (χ4n) is 3.41. The Labute approximate surface area is 179 Å². The lowest BCUT2D eigenvalue weighted by Crippen LogP contribution is -2.29. The maximum atomic E-state index is 12.6. The van der Waals surface area contributed by atoms with Gasteiger partial charge in [-0.1, -0.05) is 12.1 Å². The summed E-state index contributed by atoms with van der Waals surface area (Å²) in [5.74, 6) is 0.0209. The number of ether oxygens (including phenoxy) is 2. The van der Waals surface area contributed by atoms with Gasteiger partial charge in [-0.3, -0.25) is 14.4 Å². The van der Waals surface area contributed by atoms with Crippen molar-refractivity contribution >= 4 is 29.1 Å². The summed E-state index contributed by atoms with van der Waals surface area (Å²) < 4.78 is 10.8. The molecule has 0 aromatic heterocycles. The zero-order valence-electron chi connectivity index (χ0n) is 17.0. The molecule has 1 aliphatic rings. The number of hydrogen-bond donors (Lipinski definition) is 1. The number of methoxy groups -OCH3 is 1. The smallest absolute Gasteiger partial charge is 0.266 e. The third kappa shape index (κ3) is 3.73. The Bertz CT molecular complexity index is 1140. The summed E-state index contributed by atoms with van der Waals surface area (Å²) in [5.41, 5.74) is 2.09. The van der Waals surface area contributed by atoms with Gasteiger partial charge < -0.3 is 14.8 Å². The van der Waals surface area contributed by atoms with E-state index in [1.54, 1.807) is 66.7 Å². The molecule has 7 heteroatoms. The van der Waals surface area contributed by atoms with Gasteiger partial charge in [-0.05, 0) is 55.5 Å². The van der Waals surface area contributed by atoms with E-state index in [0.29, 0.717) is 46.2 Å². The van der Waals surface area contributed by atoms with Gasteiger partial charge in [0.25, 0.3) is 17.7 Å². The van der Waals surface area contributed by atoms with E-state index < -0.39 is 0 Å². The third-order valence-electron chi connectivity index (χ3n) is 4.90. The first-order chi connectivity index (χ1) is 15.0. The molecule has 7 nitrogen and oxygen atoms in total. The first-order valence-corrected chi connectivity index (χ1v) is 9.73. The van der Waals surface area contributed by atoms with Crippen LogP contribution in [0.1, 0.15) is 38.0 Å². The van der Waals surface area contributed by atoms with Crippen molar-refractivity contribution in [3.8, 4) is 11.5 Å². The summed E-state index contributed by atoms with van der Waals surface area (Å²) >= 11 is 0. The van der Waals surface area contributed by atoms with Crippen molar-refractivity contribution < 1.29 is 23.9 Å².